The van der Waals surface area contributed by atoms with E-state index in [-0.39, 0.29) is 21.7 Å². The third-order valence-corrected chi connectivity index (χ3v) is 3.89. The Kier molecular flexibility index (Phi) is 6.30. The topological polar surface area (TPSA) is 0 Å². The van der Waals surface area contributed by atoms with Gasteiger partial charge in [-0.25, -0.2) is 12.1 Å². The van der Waals surface area contributed by atoms with Crippen LogP contribution in [0.4, 0.5) is 0 Å². The number of rotatable bonds is 2. The normalized spacial score (nSPS) is 10.8. The fraction of sp³-hybridized carbons (Fsp3) is 0.190. The van der Waals surface area contributed by atoms with Gasteiger partial charge in [0.1, 0.15) is 0 Å². The van der Waals surface area contributed by atoms with E-state index in [4.69, 9.17) is 0 Å². The average Bonchev–Trinajstić information content (AvgIpc) is 3.15. The van der Waals surface area contributed by atoms with Crippen molar-refractivity contribution < 1.29 is 21.7 Å². The molecule has 0 spiro atoms. The molecule has 4 rings (SSSR count). The summed E-state index contributed by atoms with van der Waals surface area (Å²) in [6, 6.07) is 26.6. The average molecular weight is 320 g/mol. The molecule has 0 heterocycles. The Morgan fingerprint density at radius 2 is 1.68 bits per heavy atom. The Bertz CT molecular complexity index is 652. The Morgan fingerprint density at radius 1 is 0.955 bits per heavy atom. The third-order valence-electron chi connectivity index (χ3n) is 3.89. The van der Waals surface area contributed by atoms with E-state index in [0.717, 1.165) is 6.42 Å². The van der Waals surface area contributed by atoms with Gasteiger partial charge in [0.2, 0.25) is 0 Å². The van der Waals surface area contributed by atoms with Crippen LogP contribution in [-0.4, -0.2) is 0 Å². The van der Waals surface area contributed by atoms with Crippen molar-refractivity contribution in [3.63, 3.8) is 0 Å². The molecule has 0 atom stereocenters. The van der Waals surface area contributed by atoms with Crippen LogP contribution in [0.1, 0.15) is 30.0 Å². The molecule has 0 saturated heterocycles. The Hall–Kier alpha value is -1.50. The summed E-state index contributed by atoms with van der Waals surface area (Å²) in [5.74, 6) is 0. The maximum Gasteiger partial charge on any atom is 2.00 e. The zero-order valence-corrected chi connectivity index (χ0v) is 14.5. The zero-order valence-electron chi connectivity index (χ0n) is 13.0. The SMILES string of the molecule is CCC[c-]1cccc1.[Ti+2].[c-]1cccc2c1Cc1ccccc1-2. The van der Waals surface area contributed by atoms with Gasteiger partial charge in [0.25, 0.3) is 0 Å². The third kappa shape index (κ3) is 3.82. The fourth-order valence-corrected chi connectivity index (χ4v) is 2.87. The quantitative estimate of drug-likeness (QED) is 0.342. The molecule has 0 aliphatic heterocycles. The summed E-state index contributed by atoms with van der Waals surface area (Å²) in [5, 5.41) is 0. The molecule has 0 radical (unpaired) electrons. The van der Waals surface area contributed by atoms with Gasteiger partial charge in [-0.2, -0.15) is 47.5 Å². The molecule has 0 unspecified atom stereocenters. The summed E-state index contributed by atoms with van der Waals surface area (Å²) >= 11 is 0. The molecule has 1 heteroatoms. The molecule has 0 bridgehead atoms. The Labute approximate surface area is 148 Å². The van der Waals surface area contributed by atoms with Gasteiger partial charge in [-0.3, -0.25) is 0 Å². The molecule has 0 saturated carbocycles. The molecule has 0 aromatic heterocycles. The predicted octanol–water partition coefficient (Wildman–Crippen LogP) is 5.41. The first-order valence-electron chi connectivity index (χ1n) is 7.67. The molecule has 0 fully saturated rings. The van der Waals surface area contributed by atoms with Gasteiger partial charge in [-0.15, -0.1) is 5.56 Å². The zero-order chi connectivity index (χ0) is 14.5. The van der Waals surface area contributed by atoms with Gasteiger partial charge in [0.15, 0.2) is 0 Å². The van der Waals surface area contributed by atoms with Crippen molar-refractivity contribution >= 4 is 0 Å². The molecular formula is C21H20Ti. The summed E-state index contributed by atoms with van der Waals surface area (Å²) in [4.78, 5) is 0. The largest absolute Gasteiger partial charge is 2.00 e. The standard InChI is InChI=1S/C13H9.C8H11.Ti/c1-3-7-12-10(5-1)9-11-6-2-4-8-13(11)12;1-2-5-8-6-3-4-7-8;/h1-5,7-8H,9H2;3-4,6-7H,2,5H2,1H3;/q2*-1;+2. The van der Waals surface area contributed by atoms with E-state index < -0.39 is 0 Å². The first-order chi connectivity index (χ1) is 10.4. The van der Waals surface area contributed by atoms with Crippen LogP contribution in [0.3, 0.4) is 0 Å². The van der Waals surface area contributed by atoms with E-state index in [1.54, 1.807) is 0 Å². The van der Waals surface area contributed by atoms with Crippen LogP contribution in [0.15, 0.2) is 66.7 Å². The van der Waals surface area contributed by atoms with E-state index in [9.17, 15) is 0 Å². The maximum absolute atomic E-state index is 3.30. The first-order valence-corrected chi connectivity index (χ1v) is 7.67. The first kappa shape index (κ1) is 16.9. The van der Waals surface area contributed by atoms with Gasteiger partial charge in [0.05, 0.1) is 0 Å². The van der Waals surface area contributed by atoms with Crippen molar-refractivity contribution in [2.75, 3.05) is 0 Å². The number of aryl methyl sites for hydroxylation is 1. The van der Waals surface area contributed by atoms with Gasteiger partial charge in [-0.05, 0) is 6.42 Å². The van der Waals surface area contributed by atoms with Crippen LogP contribution < -0.4 is 0 Å². The molecule has 3 aromatic rings. The molecule has 0 nitrogen and oxygen atoms in total. The van der Waals surface area contributed by atoms with E-state index in [1.165, 1.54) is 40.7 Å². The van der Waals surface area contributed by atoms with Crippen molar-refractivity contribution in [1.82, 2.24) is 0 Å². The number of fused-ring (bicyclic) bond motifs is 3. The van der Waals surface area contributed by atoms with Crippen LogP contribution in [-0.2, 0) is 34.6 Å². The number of benzene rings is 2. The van der Waals surface area contributed by atoms with Crippen molar-refractivity contribution in [2.45, 2.75) is 26.2 Å². The van der Waals surface area contributed by atoms with Gasteiger partial charge >= 0.3 is 21.7 Å². The van der Waals surface area contributed by atoms with Crippen LogP contribution in [0.2, 0.25) is 0 Å². The van der Waals surface area contributed by atoms with Crippen molar-refractivity contribution in [1.29, 1.82) is 0 Å². The minimum absolute atomic E-state index is 0. The molecule has 3 aromatic carbocycles. The van der Waals surface area contributed by atoms with Crippen LogP contribution in [0, 0.1) is 6.07 Å². The second-order valence-corrected chi connectivity index (χ2v) is 5.44. The van der Waals surface area contributed by atoms with Crippen LogP contribution in [0.5, 0.6) is 0 Å². The summed E-state index contributed by atoms with van der Waals surface area (Å²) in [7, 11) is 0. The second kappa shape index (κ2) is 8.22. The predicted molar refractivity (Wildman–Crippen MR) is 89.6 cm³/mol. The second-order valence-electron chi connectivity index (χ2n) is 5.44. The summed E-state index contributed by atoms with van der Waals surface area (Å²) < 4.78 is 0. The smallest absolute Gasteiger partial charge is 0.213 e. The summed E-state index contributed by atoms with van der Waals surface area (Å²) in [5.41, 5.74) is 6.98. The molecule has 0 amide bonds. The molecule has 22 heavy (non-hydrogen) atoms. The minimum atomic E-state index is 0. The molecule has 1 aliphatic rings. The van der Waals surface area contributed by atoms with E-state index in [2.05, 4.69) is 73.7 Å². The van der Waals surface area contributed by atoms with Crippen LogP contribution >= 0.6 is 0 Å². The van der Waals surface area contributed by atoms with Crippen molar-refractivity contribution in [2.24, 2.45) is 0 Å². The molecular weight excluding hydrogens is 300 g/mol. The molecule has 0 N–H and O–H groups in total. The number of hydrogen-bond acceptors (Lipinski definition) is 0. The van der Waals surface area contributed by atoms with Crippen molar-refractivity contribution in [3.8, 4) is 11.1 Å². The van der Waals surface area contributed by atoms with Gasteiger partial charge in [0, 0.05) is 0 Å². The molecule has 108 valence electrons. The van der Waals surface area contributed by atoms with E-state index in [1.807, 2.05) is 6.07 Å². The summed E-state index contributed by atoms with van der Waals surface area (Å²) in [6.07, 6.45) is 3.53. The maximum atomic E-state index is 3.30. The summed E-state index contributed by atoms with van der Waals surface area (Å²) in [6.45, 7) is 2.20. The van der Waals surface area contributed by atoms with Crippen LogP contribution in [0.25, 0.3) is 11.1 Å². The monoisotopic (exact) mass is 320 g/mol. The Morgan fingerprint density at radius 3 is 2.45 bits per heavy atom. The van der Waals surface area contributed by atoms with Gasteiger partial charge < -0.3 is 0 Å². The number of hydrogen-bond donors (Lipinski definition) is 0. The van der Waals surface area contributed by atoms with Gasteiger partial charge in [-0.1, -0.05) is 55.2 Å². The van der Waals surface area contributed by atoms with Crippen molar-refractivity contribution in [3.05, 3.63) is 89.5 Å². The minimum Gasteiger partial charge on any atom is -0.213 e. The Balaban J connectivity index is 0.000000172. The molecule has 1 aliphatic carbocycles. The van der Waals surface area contributed by atoms with E-state index in [0.29, 0.717) is 0 Å². The fourth-order valence-electron chi connectivity index (χ4n) is 2.87. The van der Waals surface area contributed by atoms with E-state index >= 15 is 0 Å².